The molecule has 5 nitrogen and oxygen atoms in total. The Hall–Kier alpha value is -1.76. The van der Waals surface area contributed by atoms with Gasteiger partial charge in [-0.25, -0.2) is 0 Å². The molecule has 0 bridgehead atoms. The van der Waals surface area contributed by atoms with E-state index in [-0.39, 0.29) is 5.92 Å². The molecule has 0 aliphatic heterocycles. The maximum absolute atomic E-state index is 11.4. The second kappa shape index (κ2) is 10.7. The van der Waals surface area contributed by atoms with E-state index in [1.54, 1.807) is 0 Å². The van der Waals surface area contributed by atoms with Crippen molar-refractivity contribution >= 4 is 33.5 Å². The van der Waals surface area contributed by atoms with Crippen LogP contribution in [0.15, 0.2) is 40.9 Å². The van der Waals surface area contributed by atoms with Crippen LogP contribution in [0.4, 0.5) is 0 Å². The summed E-state index contributed by atoms with van der Waals surface area (Å²) in [7, 11) is 0. The third-order valence-electron chi connectivity index (χ3n) is 4.14. The summed E-state index contributed by atoms with van der Waals surface area (Å²) in [4.78, 5) is 11.4. The Balaban J connectivity index is 2.16. The minimum atomic E-state index is -0.863. The lowest BCUT2D eigenvalue weighted by Gasteiger charge is -2.20. The van der Waals surface area contributed by atoms with Crippen molar-refractivity contribution in [3.63, 3.8) is 0 Å². The predicted octanol–water partition coefficient (Wildman–Crippen LogP) is 5.28. The average molecular weight is 471 g/mol. The van der Waals surface area contributed by atoms with Crippen LogP contribution in [0.2, 0.25) is 5.02 Å². The quantitative estimate of drug-likeness (QED) is 0.494. The number of rotatable bonds is 10. The highest BCUT2D eigenvalue weighted by Gasteiger charge is 2.21. The molecule has 0 radical (unpaired) electrons. The van der Waals surface area contributed by atoms with Crippen LogP contribution in [-0.2, 0) is 17.9 Å². The molecular formula is C21H25BrClNO4. The van der Waals surface area contributed by atoms with Gasteiger partial charge in [-0.3, -0.25) is 4.79 Å². The van der Waals surface area contributed by atoms with Crippen LogP contribution >= 0.6 is 27.5 Å². The maximum atomic E-state index is 11.4. The number of carbonyl (C=O) groups is 1. The minimum Gasteiger partial charge on any atom is -0.490 e. The van der Waals surface area contributed by atoms with Crippen LogP contribution in [0, 0.1) is 5.92 Å². The van der Waals surface area contributed by atoms with Crippen LogP contribution in [0.1, 0.15) is 31.9 Å². The molecule has 2 aromatic carbocycles. The summed E-state index contributed by atoms with van der Waals surface area (Å²) in [5.41, 5.74) is 1.85. The Kier molecular flexibility index (Phi) is 8.60. The minimum absolute atomic E-state index is 0.0251. The van der Waals surface area contributed by atoms with Gasteiger partial charge in [-0.1, -0.05) is 53.5 Å². The molecule has 28 heavy (non-hydrogen) atoms. The number of hydrogen-bond donors (Lipinski definition) is 2. The zero-order chi connectivity index (χ0) is 20.7. The van der Waals surface area contributed by atoms with Crippen LogP contribution < -0.4 is 14.8 Å². The Labute approximate surface area is 179 Å². The third kappa shape index (κ3) is 6.40. The molecule has 1 atom stereocenters. The van der Waals surface area contributed by atoms with E-state index in [1.807, 2.05) is 57.2 Å². The van der Waals surface area contributed by atoms with E-state index < -0.39 is 12.0 Å². The molecule has 0 saturated heterocycles. The molecule has 0 aliphatic rings. The highest BCUT2D eigenvalue weighted by atomic mass is 79.9. The zero-order valence-electron chi connectivity index (χ0n) is 16.2. The van der Waals surface area contributed by atoms with Crippen LogP contribution in [0.3, 0.4) is 0 Å². The van der Waals surface area contributed by atoms with E-state index >= 15 is 0 Å². The SMILES string of the molecule is CCOc1cc(CNC(C(=O)O)C(C)C)c(Br)cc1OCc1cccc(Cl)c1. The highest BCUT2D eigenvalue weighted by molar-refractivity contribution is 9.10. The molecule has 0 heterocycles. The molecule has 7 heteroatoms. The summed E-state index contributed by atoms with van der Waals surface area (Å²) >= 11 is 9.57. The summed E-state index contributed by atoms with van der Waals surface area (Å²) < 4.78 is 12.5. The third-order valence-corrected chi connectivity index (χ3v) is 5.11. The summed E-state index contributed by atoms with van der Waals surface area (Å²) in [6, 6.07) is 10.6. The number of benzene rings is 2. The number of carboxylic acid groups (broad SMARTS) is 1. The first-order valence-corrected chi connectivity index (χ1v) is 10.3. The number of ether oxygens (including phenoxy) is 2. The van der Waals surface area contributed by atoms with Gasteiger partial charge in [0.1, 0.15) is 12.6 Å². The van der Waals surface area contributed by atoms with E-state index in [2.05, 4.69) is 21.2 Å². The monoisotopic (exact) mass is 469 g/mol. The van der Waals surface area contributed by atoms with Gasteiger partial charge < -0.3 is 19.9 Å². The van der Waals surface area contributed by atoms with E-state index in [0.717, 1.165) is 15.6 Å². The fourth-order valence-electron chi connectivity index (χ4n) is 2.71. The Morgan fingerprint density at radius 3 is 2.54 bits per heavy atom. The normalized spacial score (nSPS) is 12.1. The van der Waals surface area contributed by atoms with Gasteiger partial charge in [-0.05, 0) is 48.2 Å². The lowest BCUT2D eigenvalue weighted by molar-refractivity contribution is -0.140. The molecule has 0 aliphatic carbocycles. The van der Waals surface area contributed by atoms with Gasteiger partial charge >= 0.3 is 5.97 Å². The number of nitrogens with one attached hydrogen (secondary N) is 1. The fourth-order valence-corrected chi connectivity index (χ4v) is 3.39. The second-order valence-electron chi connectivity index (χ2n) is 6.68. The van der Waals surface area contributed by atoms with Crippen molar-refractivity contribution < 1.29 is 19.4 Å². The highest BCUT2D eigenvalue weighted by Crippen LogP contribution is 2.34. The van der Waals surface area contributed by atoms with Crippen molar-refractivity contribution in [1.29, 1.82) is 0 Å². The van der Waals surface area contributed by atoms with E-state index in [4.69, 9.17) is 21.1 Å². The molecule has 0 aromatic heterocycles. The lowest BCUT2D eigenvalue weighted by atomic mass is 10.0. The van der Waals surface area contributed by atoms with Crippen molar-refractivity contribution in [1.82, 2.24) is 5.32 Å². The van der Waals surface area contributed by atoms with Gasteiger partial charge in [-0.15, -0.1) is 0 Å². The number of carboxylic acids is 1. The smallest absolute Gasteiger partial charge is 0.320 e. The van der Waals surface area contributed by atoms with E-state index in [9.17, 15) is 9.90 Å². The van der Waals surface area contributed by atoms with Gasteiger partial charge in [0, 0.05) is 16.0 Å². The van der Waals surface area contributed by atoms with Crippen molar-refractivity contribution in [3.05, 3.63) is 57.0 Å². The summed E-state index contributed by atoms with van der Waals surface area (Å²) in [6.45, 7) is 6.90. The number of hydrogen-bond acceptors (Lipinski definition) is 4. The predicted molar refractivity (Wildman–Crippen MR) is 114 cm³/mol. The van der Waals surface area contributed by atoms with Crippen molar-refractivity contribution in [2.75, 3.05) is 6.61 Å². The fraction of sp³-hybridized carbons (Fsp3) is 0.381. The summed E-state index contributed by atoms with van der Waals surface area (Å²) in [6.07, 6.45) is 0. The van der Waals surface area contributed by atoms with E-state index in [1.165, 1.54) is 0 Å². The molecule has 1 unspecified atom stereocenters. The molecule has 2 aromatic rings. The molecule has 0 spiro atoms. The first-order valence-electron chi connectivity index (χ1n) is 9.10. The molecule has 152 valence electrons. The topological polar surface area (TPSA) is 67.8 Å². The standard InChI is InChI=1S/C21H25BrClNO4/c1-4-27-18-9-15(11-24-20(13(2)3)21(25)26)17(22)10-19(18)28-12-14-6-5-7-16(23)8-14/h5-10,13,20,24H,4,11-12H2,1-3H3,(H,25,26). The van der Waals surface area contributed by atoms with E-state index in [0.29, 0.717) is 36.3 Å². The Morgan fingerprint density at radius 2 is 1.93 bits per heavy atom. The van der Waals surface area contributed by atoms with Gasteiger partial charge in [0.15, 0.2) is 11.5 Å². The van der Waals surface area contributed by atoms with Crippen LogP contribution in [0.25, 0.3) is 0 Å². The number of halogens is 2. The average Bonchev–Trinajstić information content (AvgIpc) is 2.62. The zero-order valence-corrected chi connectivity index (χ0v) is 18.5. The molecular weight excluding hydrogens is 446 g/mol. The van der Waals surface area contributed by atoms with Gasteiger partial charge in [0.25, 0.3) is 0 Å². The molecule has 0 saturated carbocycles. The summed E-state index contributed by atoms with van der Waals surface area (Å²) in [5, 5.41) is 13.1. The molecule has 2 N–H and O–H groups in total. The van der Waals surface area contributed by atoms with Gasteiger partial charge in [0.2, 0.25) is 0 Å². The van der Waals surface area contributed by atoms with Gasteiger partial charge in [0.05, 0.1) is 6.61 Å². The van der Waals surface area contributed by atoms with Crippen LogP contribution in [0.5, 0.6) is 11.5 Å². The molecule has 2 rings (SSSR count). The Bertz CT molecular complexity index is 813. The number of aliphatic carboxylic acids is 1. The largest absolute Gasteiger partial charge is 0.490 e. The second-order valence-corrected chi connectivity index (χ2v) is 7.97. The van der Waals surface area contributed by atoms with Crippen molar-refractivity contribution in [3.8, 4) is 11.5 Å². The van der Waals surface area contributed by atoms with Crippen LogP contribution in [-0.4, -0.2) is 23.7 Å². The lowest BCUT2D eigenvalue weighted by Crippen LogP contribution is -2.40. The Morgan fingerprint density at radius 1 is 1.21 bits per heavy atom. The maximum Gasteiger partial charge on any atom is 0.320 e. The first-order chi connectivity index (χ1) is 13.3. The van der Waals surface area contributed by atoms with Gasteiger partial charge in [-0.2, -0.15) is 0 Å². The first kappa shape index (κ1) is 22.5. The van der Waals surface area contributed by atoms with Crippen molar-refractivity contribution in [2.45, 2.75) is 40.0 Å². The molecule has 0 fully saturated rings. The van der Waals surface area contributed by atoms with Crippen molar-refractivity contribution in [2.24, 2.45) is 5.92 Å². The summed E-state index contributed by atoms with van der Waals surface area (Å²) in [5.74, 6) is 0.331. The molecule has 0 amide bonds.